The lowest BCUT2D eigenvalue weighted by Crippen LogP contribution is -2.41. The number of carboxylic acid groups (broad SMARTS) is 2. The first-order chi connectivity index (χ1) is 19.3. The second kappa shape index (κ2) is 10.5. The van der Waals surface area contributed by atoms with Gasteiger partial charge in [0.15, 0.2) is 0 Å². The van der Waals surface area contributed by atoms with E-state index in [0.29, 0.717) is 44.6 Å². The normalized spacial score (nSPS) is 19.3. The lowest BCUT2D eigenvalue weighted by Gasteiger charge is -2.39. The number of nitrogens with two attached hydrogens (primary N) is 1. The molecule has 5 rings (SSSR count). The van der Waals surface area contributed by atoms with Gasteiger partial charge in [0.05, 0.1) is 16.9 Å². The molecule has 218 valence electrons. The minimum absolute atomic E-state index is 0.117. The van der Waals surface area contributed by atoms with Gasteiger partial charge in [0.1, 0.15) is 11.9 Å². The number of alkyl halides is 3. The first-order valence-electron chi connectivity index (χ1n) is 12.8. The first-order valence-corrected chi connectivity index (χ1v) is 12.8. The highest BCUT2D eigenvalue weighted by atomic mass is 19.4. The predicted molar refractivity (Wildman–Crippen MR) is 139 cm³/mol. The maximum Gasteiger partial charge on any atom is 0.429 e. The summed E-state index contributed by atoms with van der Waals surface area (Å²) >= 11 is 0. The van der Waals surface area contributed by atoms with Crippen molar-refractivity contribution < 1.29 is 37.7 Å². The van der Waals surface area contributed by atoms with Gasteiger partial charge in [-0.25, -0.2) is 9.48 Å². The first kappa shape index (κ1) is 28.1. The van der Waals surface area contributed by atoms with Gasteiger partial charge < -0.3 is 30.9 Å². The number of nitrogens with zero attached hydrogens (tertiary/aromatic N) is 5. The summed E-state index contributed by atoms with van der Waals surface area (Å²) in [5.74, 6) is -2.61. The number of nitrogen functional groups attached to an aromatic ring is 1. The minimum Gasteiger partial charge on any atom is -0.480 e. The molecule has 1 unspecified atom stereocenters. The standard InChI is InChI=1S/C26H28F3N7O5/c1-14-4-7-36(34-14)18-10-15(22(37)38)2-3-16(18)21(26(27,28)29)41-20-11-19(32-24(30)33-20)35-8-5-25(6-9-35)12-17(23(39)40)31-13-25/h2-4,7,10-11,17,21,31H,5-6,8-9,12-13H2,1H3,(H,37,38)(H,39,40)(H2,30,32,33)/t17?,21-/m1/s1. The van der Waals surface area contributed by atoms with Crippen LogP contribution in [-0.4, -0.2) is 73.8 Å². The van der Waals surface area contributed by atoms with E-state index in [9.17, 15) is 33.0 Å². The molecule has 41 heavy (non-hydrogen) atoms. The molecule has 3 aromatic rings. The molecule has 2 aliphatic heterocycles. The van der Waals surface area contributed by atoms with Crippen molar-refractivity contribution in [3.05, 3.63) is 53.3 Å². The van der Waals surface area contributed by atoms with Gasteiger partial charge >= 0.3 is 18.1 Å². The highest BCUT2D eigenvalue weighted by molar-refractivity contribution is 5.88. The smallest absolute Gasteiger partial charge is 0.429 e. The van der Waals surface area contributed by atoms with Crippen molar-refractivity contribution >= 4 is 23.7 Å². The van der Waals surface area contributed by atoms with E-state index >= 15 is 0 Å². The van der Waals surface area contributed by atoms with E-state index in [1.54, 1.807) is 13.0 Å². The summed E-state index contributed by atoms with van der Waals surface area (Å²) in [4.78, 5) is 32.9. The van der Waals surface area contributed by atoms with E-state index in [1.807, 2.05) is 4.90 Å². The summed E-state index contributed by atoms with van der Waals surface area (Å²) < 4.78 is 50.0. The fraction of sp³-hybridized carbons (Fsp3) is 0.423. The molecule has 1 spiro atoms. The number of aliphatic carboxylic acids is 1. The number of aryl methyl sites for hydroxylation is 1. The molecule has 2 fully saturated rings. The maximum atomic E-state index is 14.5. The molecule has 1 aromatic carbocycles. The Morgan fingerprint density at radius 2 is 1.90 bits per heavy atom. The quantitative estimate of drug-likeness (QED) is 0.327. The molecule has 0 saturated carbocycles. The Morgan fingerprint density at radius 1 is 1.17 bits per heavy atom. The third-order valence-corrected chi connectivity index (χ3v) is 7.58. The summed E-state index contributed by atoms with van der Waals surface area (Å²) in [6.45, 7) is 3.21. The van der Waals surface area contributed by atoms with Crippen LogP contribution in [0, 0.1) is 12.3 Å². The maximum absolute atomic E-state index is 14.5. The summed E-state index contributed by atoms with van der Waals surface area (Å²) in [6, 6.07) is 5.46. The number of halogens is 3. The molecular formula is C26H28F3N7O5. The van der Waals surface area contributed by atoms with Crippen molar-refractivity contribution in [2.24, 2.45) is 5.41 Å². The largest absolute Gasteiger partial charge is 0.480 e. The Labute approximate surface area is 231 Å². The Balaban J connectivity index is 1.43. The lowest BCUT2D eigenvalue weighted by molar-refractivity contribution is -0.198. The van der Waals surface area contributed by atoms with Crippen molar-refractivity contribution in [3.8, 4) is 11.6 Å². The van der Waals surface area contributed by atoms with E-state index in [0.717, 1.165) is 22.9 Å². The van der Waals surface area contributed by atoms with Gasteiger partial charge in [-0.3, -0.25) is 4.79 Å². The number of hydrogen-bond donors (Lipinski definition) is 4. The summed E-state index contributed by atoms with van der Waals surface area (Å²) in [6.07, 6.45) is -4.20. The molecule has 2 aliphatic rings. The Hall–Kier alpha value is -4.40. The van der Waals surface area contributed by atoms with Crippen molar-refractivity contribution in [2.45, 2.75) is 44.5 Å². The van der Waals surface area contributed by atoms with Crippen LogP contribution >= 0.6 is 0 Å². The van der Waals surface area contributed by atoms with Crippen LogP contribution in [0.4, 0.5) is 24.9 Å². The van der Waals surface area contributed by atoms with Crippen LogP contribution < -0.4 is 20.7 Å². The van der Waals surface area contributed by atoms with Crippen LogP contribution in [-0.2, 0) is 4.79 Å². The van der Waals surface area contributed by atoms with Gasteiger partial charge in [-0.15, -0.1) is 0 Å². The number of carboxylic acids is 2. The number of piperidine rings is 1. The van der Waals surface area contributed by atoms with E-state index in [1.165, 1.54) is 12.3 Å². The van der Waals surface area contributed by atoms with Crippen LogP contribution in [0.25, 0.3) is 5.69 Å². The van der Waals surface area contributed by atoms with E-state index in [-0.39, 0.29) is 34.0 Å². The summed E-state index contributed by atoms with van der Waals surface area (Å²) in [5, 5.41) is 25.9. The van der Waals surface area contributed by atoms with Crippen LogP contribution in [0.1, 0.15) is 47.0 Å². The number of rotatable bonds is 7. The van der Waals surface area contributed by atoms with Crippen molar-refractivity contribution in [1.82, 2.24) is 25.1 Å². The topological polar surface area (TPSA) is 169 Å². The molecule has 2 saturated heterocycles. The molecular weight excluding hydrogens is 547 g/mol. The zero-order valence-corrected chi connectivity index (χ0v) is 21.9. The number of aromatic carboxylic acids is 1. The van der Waals surface area contributed by atoms with E-state index in [4.69, 9.17) is 10.5 Å². The van der Waals surface area contributed by atoms with Crippen LogP contribution in [0.2, 0.25) is 0 Å². The number of anilines is 2. The third-order valence-electron chi connectivity index (χ3n) is 7.58. The van der Waals surface area contributed by atoms with Gasteiger partial charge in [-0.1, -0.05) is 6.07 Å². The summed E-state index contributed by atoms with van der Waals surface area (Å²) in [7, 11) is 0. The third kappa shape index (κ3) is 5.89. The Kier molecular flexibility index (Phi) is 7.23. The van der Waals surface area contributed by atoms with Crippen molar-refractivity contribution in [1.29, 1.82) is 0 Å². The minimum atomic E-state index is -4.92. The molecule has 0 radical (unpaired) electrons. The second-order valence-corrected chi connectivity index (χ2v) is 10.4. The van der Waals surface area contributed by atoms with Gasteiger partial charge in [-0.2, -0.15) is 28.2 Å². The lowest BCUT2D eigenvalue weighted by atomic mass is 9.76. The number of ether oxygens (including phenoxy) is 1. The average Bonchev–Trinajstić information content (AvgIpc) is 3.53. The van der Waals surface area contributed by atoms with Crippen LogP contribution in [0.5, 0.6) is 5.88 Å². The van der Waals surface area contributed by atoms with Crippen molar-refractivity contribution in [3.63, 3.8) is 0 Å². The molecule has 15 heteroatoms. The summed E-state index contributed by atoms with van der Waals surface area (Å²) in [5.41, 5.74) is 5.50. The van der Waals surface area contributed by atoms with E-state index < -0.39 is 36.1 Å². The van der Waals surface area contributed by atoms with Gasteiger partial charge in [0.25, 0.3) is 0 Å². The molecule has 2 atom stereocenters. The molecule has 2 aromatic heterocycles. The van der Waals surface area contributed by atoms with Gasteiger partial charge in [-0.05, 0) is 49.8 Å². The average molecular weight is 576 g/mol. The fourth-order valence-electron chi connectivity index (χ4n) is 5.41. The monoisotopic (exact) mass is 575 g/mol. The van der Waals surface area contributed by atoms with Gasteiger partial charge in [0.2, 0.25) is 17.9 Å². The van der Waals surface area contributed by atoms with Crippen LogP contribution in [0.15, 0.2) is 36.5 Å². The number of aromatic nitrogens is 4. The molecule has 4 heterocycles. The molecule has 5 N–H and O–H groups in total. The Bertz CT molecular complexity index is 1470. The number of hydrogen-bond acceptors (Lipinski definition) is 9. The fourth-order valence-corrected chi connectivity index (χ4v) is 5.41. The Morgan fingerprint density at radius 3 is 2.49 bits per heavy atom. The van der Waals surface area contributed by atoms with Crippen molar-refractivity contribution in [2.75, 3.05) is 30.3 Å². The highest BCUT2D eigenvalue weighted by Crippen LogP contribution is 2.42. The molecule has 0 amide bonds. The van der Waals surface area contributed by atoms with Gasteiger partial charge in [0, 0.05) is 37.5 Å². The zero-order chi connectivity index (χ0) is 29.5. The molecule has 0 bridgehead atoms. The van der Waals surface area contributed by atoms with Crippen LogP contribution in [0.3, 0.4) is 0 Å². The number of benzene rings is 1. The second-order valence-electron chi connectivity index (χ2n) is 10.4. The predicted octanol–water partition coefficient (Wildman–Crippen LogP) is 2.97. The molecule has 12 nitrogen and oxygen atoms in total. The van der Waals surface area contributed by atoms with E-state index in [2.05, 4.69) is 20.4 Å². The highest BCUT2D eigenvalue weighted by Gasteiger charge is 2.46. The zero-order valence-electron chi connectivity index (χ0n) is 21.9. The SMILES string of the molecule is Cc1ccn(-c2cc(C(=O)O)ccc2[C@@H](Oc2cc(N3CCC4(CC3)CNC(C(=O)O)C4)nc(N)n2)C(F)(F)F)n1. The number of carbonyl (C=O) groups is 2. The molecule has 0 aliphatic carbocycles. The number of nitrogens with one attached hydrogen (secondary N) is 1.